The summed E-state index contributed by atoms with van der Waals surface area (Å²) in [5, 5.41) is 46.1. The van der Waals surface area contributed by atoms with Gasteiger partial charge in [-0.15, -0.1) is 0 Å². The summed E-state index contributed by atoms with van der Waals surface area (Å²) in [7, 11) is 1.41. The van der Waals surface area contributed by atoms with Gasteiger partial charge < -0.3 is 34.8 Å². The number of methoxy groups -OCH3 is 1. The van der Waals surface area contributed by atoms with Crippen molar-refractivity contribution in [3.05, 3.63) is 71.4 Å². The Morgan fingerprint density at radius 1 is 0.929 bits per heavy atom. The molecule has 0 spiro atoms. The Morgan fingerprint density at radius 3 is 2.02 bits per heavy atom. The first-order valence-electron chi connectivity index (χ1n) is 13.3. The summed E-state index contributed by atoms with van der Waals surface area (Å²) in [5.74, 6) is -5.27. The molecule has 1 aromatic heterocycles. The molecule has 1 aliphatic rings. The summed E-state index contributed by atoms with van der Waals surface area (Å²) in [4.78, 5) is 44.6. The second-order valence-electron chi connectivity index (χ2n) is 10.5. The molecule has 0 unspecified atom stereocenters. The maximum absolute atomic E-state index is 11.8. The van der Waals surface area contributed by atoms with Gasteiger partial charge in [0.25, 0.3) is 0 Å². The van der Waals surface area contributed by atoms with Gasteiger partial charge in [-0.1, -0.05) is 48.0 Å². The average Bonchev–Trinajstić information content (AvgIpc) is 3.26. The maximum atomic E-state index is 11.8. The highest BCUT2D eigenvalue weighted by Gasteiger charge is 2.40. The summed E-state index contributed by atoms with van der Waals surface area (Å²) in [5.41, 5.74) is 0.975. The molecule has 0 radical (unpaired) electrons. The zero-order valence-corrected chi connectivity index (χ0v) is 23.5. The fourth-order valence-electron chi connectivity index (χ4n) is 4.97. The van der Waals surface area contributed by atoms with Crippen molar-refractivity contribution in [2.45, 2.75) is 56.9 Å². The van der Waals surface area contributed by atoms with Gasteiger partial charge in [-0.3, -0.25) is 19.3 Å². The highest BCUT2D eigenvalue weighted by Crippen LogP contribution is 2.34. The van der Waals surface area contributed by atoms with Crippen LogP contribution in [0.1, 0.15) is 42.4 Å². The third-order valence-electron chi connectivity index (χ3n) is 7.35. The lowest BCUT2D eigenvalue weighted by Gasteiger charge is -2.38. The van der Waals surface area contributed by atoms with E-state index in [0.717, 1.165) is 48.9 Å². The van der Waals surface area contributed by atoms with Crippen molar-refractivity contribution in [3.63, 3.8) is 0 Å². The zero-order valence-electron chi connectivity index (χ0n) is 23.5. The van der Waals surface area contributed by atoms with E-state index >= 15 is 0 Å². The summed E-state index contributed by atoms with van der Waals surface area (Å²) in [6.07, 6.45) is 1.21. The number of carbonyl (C=O) groups is 4. The number of hydrogen-bond donors (Lipinski definition) is 5. The topological polar surface area (TPSA) is 187 Å². The Labute approximate surface area is 242 Å². The number of carboxylic acids is 3. The first-order valence-corrected chi connectivity index (χ1v) is 13.3. The van der Waals surface area contributed by atoms with Gasteiger partial charge in [0.15, 0.2) is 5.60 Å². The molecule has 3 aromatic rings. The first kappa shape index (κ1) is 32.3. The lowest BCUT2D eigenvalue weighted by molar-refractivity contribution is -0.170. The van der Waals surface area contributed by atoms with Crippen molar-refractivity contribution in [1.82, 2.24) is 9.47 Å². The van der Waals surface area contributed by atoms with Crippen molar-refractivity contribution < 1.29 is 49.4 Å². The van der Waals surface area contributed by atoms with Crippen LogP contribution in [0.25, 0.3) is 10.9 Å². The van der Waals surface area contributed by atoms with Crippen LogP contribution in [0.2, 0.25) is 0 Å². The molecule has 5 N–H and O–H groups in total. The Balaban J connectivity index is 0.000000316. The normalized spacial score (nSPS) is 15.0. The van der Waals surface area contributed by atoms with Crippen molar-refractivity contribution in [2.75, 3.05) is 20.2 Å². The molecule has 4 rings (SSSR count). The molecule has 1 fully saturated rings. The largest absolute Gasteiger partial charge is 0.481 e. The standard InChI is InChI=1S/C24H28N2O3.C6H8O7/c1-18-7-9-20(10-8-18)24(28)11-13-25(14-12-24)15-19-16-26(17-23(27)29-2)22-6-4-3-5-21(19)22;7-3(8)1-6(13,5(11)12)2-4(9)10/h3-10,16,28H,11-15,17H2,1-2H3;13H,1-2H2,(H,7,8)(H,9,10)(H,11,12). The number of carboxylic acid groups (broad SMARTS) is 3. The van der Waals surface area contributed by atoms with Gasteiger partial charge in [-0.2, -0.15) is 0 Å². The van der Waals surface area contributed by atoms with E-state index in [1.54, 1.807) is 0 Å². The molecule has 42 heavy (non-hydrogen) atoms. The molecule has 12 heteroatoms. The van der Waals surface area contributed by atoms with Crippen LogP contribution >= 0.6 is 0 Å². The molecule has 0 saturated carbocycles. The van der Waals surface area contributed by atoms with E-state index in [1.807, 2.05) is 34.9 Å². The number of hydrogen-bond acceptors (Lipinski definition) is 8. The number of esters is 1. The minimum atomic E-state index is -2.74. The van der Waals surface area contributed by atoms with Crippen LogP contribution in [0.3, 0.4) is 0 Å². The number of fused-ring (bicyclic) bond motifs is 1. The van der Waals surface area contributed by atoms with Crippen LogP contribution in [0, 0.1) is 6.92 Å². The number of aliphatic hydroxyl groups is 2. The van der Waals surface area contributed by atoms with E-state index in [9.17, 15) is 24.3 Å². The number of para-hydroxylation sites is 1. The van der Waals surface area contributed by atoms with Crippen LogP contribution in [0.5, 0.6) is 0 Å². The second kappa shape index (κ2) is 13.6. The number of aliphatic carboxylic acids is 3. The third-order valence-corrected chi connectivity index (χ3v) is 7.35. The lowest BCUT2D eigenvalue weighted by atomic mass is 9.84. The number of benzene rings is 2. The number of rotatable bonds is 10. The zero-order chi connectivity index (χ0) is 31.1. The van der Waals surface area contributed by atoms with Crippen molar-refractivity contribution in [2.24, 2.45) is 0 Å². The number of aryl methyl sites for hydroxylation is 1. The maximum Gasteiger partial charge on any atom is 0.336 e. The summed E-state index contributed by atoms with van der Waals surface area (Å²) < 4.78 is 6.80. The van der Waals surface area contributed by atoms with Crippen molar-refractivity contribution in [3.8, 4) is 0 Å². The number of carbonyl (C=O) groups excluding carboxylic acids is 1. The van der Waals surface area contributed by atoms with Crippen LogP contribution in [0.15, 0.2) is 54.7 Å². The monoisotopic (exact) mass is 584 g/mol. The fourth-order valence-corrected chi connectivity index (χ4v) is 4.97. The Morgan fingerprint density at radius 2 is 1.50 bits per heavy atom. The van der Waals surface area contributed by atoms with Gasteiger partial charge in [0.2, 0.25) is 0 Å². The Kier molecular flexibility index (Phi) is 10.4. The highest BCUT2D eigenvalue weighted by molar-refractivity contribution is 5.88. The molecule has 2 heterocycles. The van der Waals surface area contributed by atoms with Gasteiger partial charge in [0.1, 0.15) is 6.54 Å². The quantitative estimate of drug-likeness (QED) is 0.220. The fraction of sp³-hybridized carbons (Fsp3) is 0.400. The number of nitrogens with zero attached hydrogens (tertiary/aromatic N) is 2. The predicted molar refractivity (Wildman–Crippen MR) is 151 cm³/mol. The van der Waals surface area contributed by atoms with E-state index in [0.29, 0.717) is 0 Å². The van der Waals surface area contributed by atoms with Crippen molar-refractivity contribution in [1.29, 1.82) is 0 Å². The van der Waals surface area contributed by atoms with E-state index in [1.165, 1.54) is 18.2 Å². The molecule has 2 aromatic carbocycles. The lowest BCUT2D eigenvalue weighted by Crippen LogP contribution is -2.42. The van der Waals surface area contributed by atoms with E-state index in [-0.39, 0.29) is 12.5 Å². The molecule has 0 atom stereocenters. The molecule has 0 aliphatic carbocycles. The molecule has 12 nitrogen and oxygen atoms in total. The predicted octanol–water partition coefficient (Wildman–Crippen LogP) is 2.36. The van der Waals surface area contributed by atoms with Gasteiger partial charge in [-0.25, -0.2) is 4.79 Å². The summed E-state index contributed by atoms with van der Waals surface area (Å²) in [6, 6.07) is 16.4. The van der Waals surface area contributed by atoms with E-state index in [4.69, 9.17) is 25.2 Å². The number of piperidine rings is 1. The first-order chi connectivity index (χ1) is 19.8. The van der Waals surface area contributed by atoms with Crippen LogP contribution in [0.4, 0.5) is 0 Å². The minimum absolute atomic E-state index is 0.212. The minimum Gasteiger partial charge on any atom is -0.481 e. The Hall–Kier alpha value is -4.26. The molecular formula is C30H36N2O10. The number of likely N-dealkylation sites (tertiary alicyclic amines) is 1. The van der Waals surface area contributed by atoms with Crippen LogP contribution in [-0.4, -0.2) is 84.7 Å². The summed E-state index contributed by atoms with van der Waals surface area (Å²) >= 11 is 0. The SMILES string of the molecule is COC(=O)Cn1cc(CN2CCC(O)(c3ccc(C)cc3)CC2)c2ccccc21.O=C(O)CC(O)(CC(=O)O)C(=O)O. The number of ether oxygens (including phenoxy) is 1. The molecule has 1 saturated heterocycles. The van der Waals surface area contributed by atoms with Gasteiger partial charge >= 0.3 is 23.9 Å². The third kappa shape index (κ3) is 8.15. The highest BCUT2D eigenvalue weighted by atomic mass is 16.5. The molecule has 0 bridgehead atoms. The second-order valence-corrected chi connectivity index (χ2v) is 10.5. The molecular weight excluding hydrogens is 548 g/mol. The average molecular weight is 585 g/mol. The molecule has 226 valence electrons. The van der Waals surface area contributed by atoms with Gasteiger partial charge in [-0.05, 0) is 37.0 Å². The van der Waals surface area contributed by atoms with E-state index in [2.05, 4.69) is 36.2 Å². The van der Waals surface area contributed by atoms with Crippen LogP contribution in [-0.2, 0) is 42.6 Å². The number of aromatic nitrogens is 1. The van der Waals surface area contributed by atoms with Gasteiger partial charge in [0, 0.05) is 36.7 Å². The Bertz CT molecular complexity index is 1410. The van der Waals surface area contributed by atoms with Crippen molar-refractivity contribution >= 4 is 34.8 Å². The smallest absolute Gasteiger partial charge is 0.336 e. The van der Waals surface area contributed by atoms with Gasteiger partial charge in [0.05, 0.1) is 25.6 Å². The van der Waals surface area contributed by atoms with E-state index < -0.39 is 42.0 Å². The molecule has 0 amide bonds. The summed E-state index contributed by atoms with van der Waals surface area (Å²) in [6.45, 7) is 4.75. The molecule has 1 aliphatic heterocycles. The van der Waals surface area contributed by atoms with Crippen LogP contribution < -0.4 is 0 Å².